The fraction of sp³-hybridized carbons (Fsp3) is 0.571. The van der Waals surface area contributed by atoms with Gasteiger partial charge in [0.2, 0.25) is 0 Å². The van der Waals surface area contributed by atoms with Crippen LogP contribution in [-0.4, -0.2) is 28.6 Å². The largest absolute Gasteiger partial charge is 0.409 e. The first-order valence-corrected chi connectivity index (χ1v) is 6.74. The van der Waals surface area contributed by atoms with Gasteiger partial charge in [-0.15, -0.1) is 0 Å². The zero-order valence-corrected chi connectivity index (χ0v) is 11.8. The molecule has 0 radical (unpaired) electrons. The lowest BCUT2D eigenvalue weighted by atomic mass is 9.93. The lowest BCUT2D eigenvalue weighted by Crippen LogP contribution is -2.41. The van der Waals surface area contributed by atoms with Crippen LogP contribution in [0, 0.1) is 12.8 Å². The first-order valence-electron chi connectivity index (χ1n) is 6.74. The number of pyridine rings is 1. The summed E-state index contributed by atoms with van der Waals surface area (Å²) < 4.78 is 0. The van der Waals surface area contributed by atoms with Crippen LogP contribution in [0.2, 0.25) is 0 Å². The Morgan fingerprint density at radius 2 is 2.21 bits per heavy atom. The Labute approximate surface area is 114 Å². The number of nitrogens with two attached hydrogens (primary N) is 1. The van der Waals surface area contributed by atoms with Gasteiger partial charge in [0.25, 0.3) is 0 Å². The molecule has 2 rings (SSSR count). The summed E-state index contributed by atoms with van der Waals surface area (Å²) in [5, 5.41) is 11.9. The number of aryl methyl sites for hydroxylation is 1. The van der Waals surface area contributed by atoms with Gasteiger partial charge in [-0.25, -0.2) is 4.98 Å². The molecule has 3 N–H and O–H groups in total. The number of anilines is 1. The molecule has 5 nitrogen and oxygen atoms in total. The Morgan fingerprint density at radius 1 is 1.47 bits per heavy atom. The van der Waals surface area contributed by atoms with Gasteiger partial charge in [-0.3, -0.25) is 0 Å². The van der Waals surface area contributed by atoms with E-state index >= 15 is 0 Å². The molecule has 2 atom stereocenters. The van der Waals surface area contributed by atoms with Gasteiger partial charge in [0, 0.05) is 23.8 Å². The van der Waals surface area contributed by atoms with Gasteiger partial charge in [-0.05, 0) is 44.7 Å². The highest BCUT2D eigenvalue weighted by Gasteiger charge is 2.24. The van der Waals surface area contributed by atoms with Gasteiger partial charge in [0.1, 0.15) is 5.82 Å². The highest BCUT2D eigenvalue weighted by molar-refractivity contribution is 5.97. The van der Waals surface area contributed by atoms with Crippen LogP contribution in [0.3, 0.4) is 0 Å². The van der Waals surface area contributed by atoms with E-state index in [2.05, 4.69) is 28.9 Å². The lowest BCUT2D eigenvalue weighted by molar-refractivity contribution is 0.318. The molecule has 1 aromatic rings. The molecule has 1 saturated heterocycles. The fourth-order valence-corrected chi connectivity index (χ4v) is 2.75. The lowest BCUT2D eigenvalue weighted by Gasteiger charge is -2.37. The Balaban J connectivity index is 2.32. The van der Waals surface area contributed by atoms with Crippen LogP contribution in [0.15, 0.2) is 17.3 Å². The van der Waals surface area contributed by atoms with Crippen molar-refractivity contribution in [3.8, 4) is 0 Å². The van der Waals surface area contributed by atoms with E-state index in [0.29, 0.717) is 6.04 Å². The van der Waals surface area contributed by atoms with Crippen LogP contribution in [0.1, 0.15) is 37.9 Å². The first kappa shape index (κ1) is 13.6. The molecule has 5 heteroatoms. The quantitative estimate of drug-likeness (QED) is 0.370. The molecule has 1 fully saturated rings. The monoisotopic (exact) mass is 262 g/mol. The van der Waals surface area contributed by atoms with Crippen molar-refractivity contribution in [1.82, 2.24) is 4.98 Å². The molecule has 0 spiro atoms. The number of hydrogen-bond acceptors (Lipinski definition) is 4. The molecule has 19 heavy (non-hydrogen) atoms. The number of amidine groups is 1. The highest BCUT2D eigenvalue weighted by atomic mass is 16.4. The van der Waals surface area contributed by atoms with E-state index in [0.717, 1.165) is 29.5 Å². The molecule has 104 valence electrons. The van der Waals surface area contributed by atoms with Crippen molar-refractivity contribution < 1.29 is 5.21 Å². The second-order valence-corrected chi connectivity index (χ2v) is 5.51. The molecule has 0 aliphatic carbocycles. The van der Waals surface area contributed by atoms with Gasteiger partial charge in [0.05, 0.1) is 0 Å². The molecule has 1 aromatic heterocycles. The van der Waals surface area contributed by atoms with E-state index in [-0.39, 0.29) is 5.84 Å². The van der Waals surface area contributed by atoms with Crippen molar-refractivity contribution in [2.24, 2.45) is 16.8 Å². The van der Waals surface area contributed by atoms with Crippen LogP contribution in [0.25, 0.3) is 0 Å². The van der Waals surface area contributed by atoms with E-state index in [4.69, 9.17) is 10.9 Å². The standard InChI is InChI=1S/C14H22N4O/c1-9-4-5-18(11(3)6-9)13-8-12(14(15)17-19)7-10(2)16-13/h7-9,11,19H,4-6H2,1-3H3,(H2,15,17). The topological polar surface area (TPSA) is 74.7 Å². The third-order valence-electron chi connectivity index (χ3n) is 3.78. The molecule has 0 aromatic carbocycles. The molecule has 2 heterocycles. The molecule has 1 aliphatic heterocycles. The fourth-order valence-electron chi connectivity index (χ4n) is 2.75. The van der Waals surface area contributed by atoms with Gasteiger partial charge in [-0.1, -0.05) is 12.1 Å². The summed E-state index contributed by atoms with van der Waals surface area (Å²) in [6, 6.07) is 4.20. The van der Waals surface area contributed by atoms with Crippen LogP contribution in [0.5, 0.6) is 0 Å². The van der Waals surface area contributed by atoms with E-state index in [1.54, 1.807) is 0 Å². The number of rotatable bonds is 2. The predicted octanol–water partition coefficient (Wildman–Crippen LogP) is 2.11. The number of hydrogen-bond donors (Lipinski definition) is 2. The second-order valence-electron chi connectivity index (χ2n) is 5.51. The normalized spacial score (nSPS) is 24.6. The Kier molecular flexibility index (Phi) is 3.93. The number of oxime groups is 1. The second kappa shape index (κ2) is 5.47. The van der Waals surface area contributed by atoms with Crippen molar-refractivity contribution in [3.63, 3.8) is 0 Å². The maximum atomic E-state index is 8.80. The first-order chi connectivity index (χ1) is 9.01. The van der Waals surface area contributed by atoms with E-state index < -0.39 is 0 Å². The van der Waals surface area contributed by atoms with Crippen molar-refractivity contribution in [3.05, 3.63) is 23.4 Å². The maximum absolute atomic E-state index is 8.80. The van der Waals surface area contributed by atoms with Crippen molar-refractivity contribution in [2.45, 2.75) is 39.7 Å². The zero-order chi connectivity index (χ0) is 14.0. The van der Waals surface area contributed by atoms with Gasteiger partial charge in [0.15, 0.2) is 5.84 Å². The van der Waals surface area contributed by atoms with E-state index in [9.17, 15) is 0 Å². The summed E-state index contributed by atoms with van der Waals surface area (Å²) >= 11 is 0. The summed E-state index contributed by atoms with van der Waals surface area (Å²) in [6.07, 6.45) is 2.35. The minimum Gasteiger partial charge on any atom is -0.409 e. The summed E-state index contributed by atoms with van der Waals surface area (Å²) in [7, 11) is 0. The SMILES string of the molecule is Cc1cc(/C(N)=N/O)cc(N2CCC(C)CC2C)n1. The van der Waals surface area contributed by atoms with Crippen molar-refractivity contribution in [1.29, 1.82) is 0 Å². The Bertz CT molecular complexity index is 486. The molecular formula is C14H22N4O. The average Bonchev–Trinajstić information content (AvgIpc) is 2.37. The summed E-state index contributed by atoms with van der Waals surface area (Å²) in [5.74, 6) is 1.81. The highest BCUT2D eigenvalue weighted by Crippen LogP contribution is 2.27. The average molecular weight is 262 g/mol. The van der Waals surface area contributed by atoms with Crippen LogP contribution < -0.4 is 10.6 Å². The van der Waals surface area contributed by atoms with E-state index in [1.807, 2.05) is 19.1 Å². The molecule has 0 bridgehead atoms. The van der Waals surface area contributed by atoms with E-state index in [1.165, 1.54) is 12.8 Å². The molecular weight excluding hydrogens is 240 g/mol. The van der Waals surface area contributed by atoms with Gasteiger partial charge in [-0.2, -0.15) is 0 Å². The van der Waals surface area contributed by atoms with Crippen molar-refractivity contribution >= 4 is 11.7 Å². The Hall–Kier alpha value is -1.78. The number of aromatic nitrogens is 1. The molecule has 2 unspecified atom stereocenters. The van der Waals surface area contributed by atoms with Crippen molar-refractivity contribution in [2.75, 3.05) is 11.4 Å². The van der Waals surface area contributed by atoms with Gasteiger partial charge >= 0.3 is 0 Å². The molecule has 0 saturated carbocycles. The van der Waals surface area contributed by atoms with Crippen LogP contribution in [-0.2, 0) is 0 Å². The third-order valence-corrected chi connectivity index (χ3v) is 3.78. The zero-order valence-electron chi connectivity index (χ0n) is 11.8. The molecule has 1 aliphatic rings. The third kappa shape index (κ3) is 2.97. The number of piperidine rings is 1. The van der Waals surface area contributed by atoms with Gasteiger partial charge < -0.3 is 15.8 Å². The smallest absolute Gasteiger partial charge is 0.170 e. The summed E-state index contributed by atoms with van der Waals surface area (Å²) in [4.78, 5) is 6.89. The minimum atomic E-state index is 0.129. The number of nitrogens with zero attached hydrogens (tertiary/aromatic N) is 3. The molecule has 0 amide bonds. The maximum Gasteiger partial charge on any atom is 0.170 e. The summed E-state index contributed by atoms with van der Waals surface area (Å²) in [6.45, 7) is 7.45. The summed E-state index contributed by atoms with van der Waals surface area (Å²) in [5.41, 5.74) is 7.27. The predicted molar refractivity (Wildman–Crippen MR) is 76.7 cm³/mol. The van der Waals surface area contributed by atoms with Crippen LogP contribution >= 0.6 is 0 Å². The Morgan fingerprint density at radius 3 is 2.84 bits per heavy atom. The van der Waals surface area contributed by atoms with Crippen LogP contribution in [0.4, 0.5) is 5.82 Å². The minimum absolute atomic E-state index is 0.129.